The fourth-order valence-electron chi connectivity index (χ4n) is 4.53. The van der Waals surface area contributed by atoms with Gasteiger partial charge in [-0.1, -0.05) is 72.8 Å². The molecular formula is C28H24N2O2. The van der Waals surface area contributed by atoms with Gasteiger partial charge in [0.05, 0.1) is 12.1 Å². The molecule has 1 heterocycles. The van der Waals surface area contributed by atoms with Crippen LogP contribution >= 0.6 is 0 Å². The van der Waals surface area contributed by atoms with Gasteiger partial charge in [-0.3, -0.25) is 4.79 Å². The lowest BCUT2D eigenvalue weighted by Crippen LogP contribution is -2.11. The molecule has 32 heavy (non-hydrogen) atoms. The van der Waals surface area contributed by atoms with Crippen molar-refractivity contribution in [1.82, 2.24) is 4.57 Å². The number of hydrogen-bond acceptors (Lipinski definition) is 2. The molecular weight excluding hydrogens is 396 g/mol. The van der Waals surface area contributed by atoms with Crippen molar-refractivity contribution in [2.45, 2.75) is 19.6 Å². The van der Waals surface area contributed by atoms with Crippen LogP contribution in [-0.4, -0.2) is 15.6 Å². The van der Waals surface area contributed by atoms with Crippen molar-refractivity contribution in [2.24, 2.45) is 5.73 Å². The third-order valence-electron chi connectivity index (χ3n) is 6.09. The maximum atomic E-state index is 12.2. The average Bonchev–Trinajstić information content (AvgIpc) is 3.13. The summed E-state index contributed by atoms with van der Waals surface area (Å²) in [6.45, 7) is 0.616. The minimum atomic E-state index is -0.439. The number of hydrogen-bond donors (Lipinski definition) is 2. The predicted octanol–water partition coefficient (Wildman–Crippen LogP) is 5.02. The van der Waals surface area contributed by atoms with Gasteiger partial charge in [-0.15, -0.1) is 0 Å². The fourth-order valence-corrected chi connectivity index (χ4v) is 4.53. The molecule has 4 heteroatoms. The van der Waals surface area contributed by atoms with Crippen LogP contribution in [0.15, 0.2) is 91.0 Å². The van der Waals surface area contributed by atoms with E-state index in [1.165, 1.54) is 16.7 Å². The van der Waals surface area contributed by atoms with E-state index in [4.69, 9.17) is 5.73 Å². The Kier molecular flexibility index (Phi) is 5.21. The third kappa shape index (κ3) is 3.55. The van der Waals surface area contributed by atoms with Crippen LogP contribution in [-0.2, 0) is 19.6 Å². The van der Waals surface area contributed by atoms with Crippen LogP contribution in [0.2, 0.25) is 0 Å². The highest BCUT2D eigenvalue weighted by molar-refractivity contribution is 6.18. The van der Waals surface area contributed by atoms with Crippen LogP contribution in [0.4, 0.5) is 0 Å². The van der Waals surface area contributed by atoms with Crippen molar-refractivity contribution in [2.75, 3.05) is 0 Å². The first-order valence-corrected chi connectivity index (χ1v) is 10.7. The molecule has 0 unspecified atom stereocenters. The van der Waals surface area contributed by atoms with E-state index in [0.717, 1.165) is 33.8 Å². The van der Waals surface area contributed by atoms with Crippen LogP contribution in [0.3, 0.4) is 0 Å². The molecule has 4 aromatic carbocycles. The van der Waals surface area contributed by atoms with Crippen LogP contribution in [0.1, 0.15) is 32.6 Å². The Balaban J connectivity index is 1.70. The first kappa shape index (κ1) is 20.0. The molecule has 0 fully saturated rings. The first-order valence-electron chi connectivity index (χ1n) is 10.7. The number of benzene rings is 4. The predicted molar refractivity (Wildman–Crippen MR) is 129 cm³/mol. The van der Waals surface area contributed by atoms with E-state index >= 15 is 0 Å². The van der Waals surface area contributed by atoms with E-state index in [1.54, 1.807) is 6.07 Å². The van der Waals surface area contributed by atoms with Crippen LogP contribution in [0, 0.1) is 0 Å². The molecule has 4 nitrogen and oxygen atoms in total. The molecule has 1 amide bonds. The molecule has 0 spiro atoms. The van der Waals surface area contributed by atoms with Gasteiger partial charge >= 0.3 is 0 Å². The Morgan fingerprint density at radius 2 is 1.53 bits per heavy atom. The van der Waals surface area contributed by atoms with Crippen molar-refractivity contribution in [1.29, 1.82) is 0 Å². The zero-order valence-corrected chi connectivity index (χ0v) is 17.7. The van der Waals surface area contributed by atoms with E-state index in [0.29, 0.717) is 12.1 Å². The minimum absolute atomic E-state index is 0.0370. The van der Waals surface area contributed by atoms with Gasteiger partial charge in [0.25, 0.3) is 0 Å². The van der Waals surface area contributed by atoms with Gasteiger partial charge in [0.2, 0.25) is 5.91 Å². The third-order valence-corrected chi connectivity index (χ3v) is 6.09. The first-order chi connectivity index (χ1) is 15.7. The zero-order valence-electron chi connectivity index (χ0n) is 17.7. The SMILES string of the molecule is NC(=O)c1cccc2c1c1ccc(CO)cc1n2Cc1ccccc1Cc1ccccc1. The Bertz CT molecular complexity index is 1430. The van der Waals surface area contributed by atoms with Crippen LogP contribution < -0.4 is 5.73 Å². The standard InChI is InChI=1S/C28H24N2O2/c29-28(32)24-11-6-12-25-27(24)23-14-13-20(18-31)16-26(23)30(25)17-22-10-5-4-9-21(22)15-19-7-2-1-3-8-19/h1-14,16,31H,15,17-18H2,(H2,29,32). The number of aromatic nitrogens is 1. The summed E-state index contributed by atoms with van der Waals surface area (Å²) in [5.41, 5.74) is 12.7. The maximum absolute atomic E-state index is 12.2. The van der Waals surface area contributed by atoms with Crippen molar-refractivity contribution in [3.8, 4) is 0 Å². The second-order valence-electron chi connectivity index (χ2n) is 8.09. The lowest BCUT2D eigenvalue weighted by atomic mass is 9.99. The summed E-state index contributed by atoms with van der Waals surface area (Å²) in [5.74, 6) is -0.439. The summed E-state index contributed by atoms with van der Waals surface area (Å²) in [6, 6.07) is 30.5. The summed E-state index contributed by atoms with van der Waals surface area (Å²) in [7, 11) is 0. The summed E-state index contributed by atoms with van der Waals surface area (Å²) in [5, 5.41) is 11.5. The number of nitrogens with two attached hydrogens (primary N) is 1. The molecule has 0 radical (unpaired) electrons. The van der Waals surface area contributed by atoms with Gasteiger partial charge in [-0.05, 0) is 46.9 Å². The second kappa shape index (κ2) is 8.33. The molecule has 0 saturated heterocycles. The molecule has 0 saturated carbocycles. The molecule has 5 rings (SSSR count). The number of carbonyl (C=O) groups excluding carboxylic acids is 1. The highest BCUT2D eigenvalue weighted by atomic mass is 16.3. The Labute approximate surface area is 186 Å². The topological polar surface area (TPSA) is 68.2 Å². The van der Waals surface area contributed by atoms with Gasteiger partial charge in [0, 0.05) is 28.4 Å². The normalized spacial score (nSPS) is 11.3. The van der Waals surface area contributed by atoms with E-state index in [-0.39, 0.29) is 6.61 Å². The number of rotatable bonds is 6. The van der Waals surface area contributed by atoms with Crippen molar-refractivity contribution in [3.05, 3.63) is 119 Å². The molecule has 0 aliphatic rings. The van der Waals surface area contributed by atoms with Crippen LogP contribution in [0.25, 0.3) is 21.8 Å². The highest BCUT2D eigenvalue weighted by Crippen LogP contribution is 2.33. The molecule has 0 aliphatic heterocycles. The maximum Gasteiger partial charge on any atom is 0.249 e. The number of aliphatic hydroxyl groups is 1. The van der Waals surface area contributed by atoms with E-state index in [9.17, 15) is 9.90 Å². The van der Waals surface area contributed by atoms with Crippen molar-refractivity contribution in [3.63, 3.8) is 0 Å². The monoisotopic (exact) mass is 420 g/mol. The number of amides is 1. The van der Waals surface area contributed by atoms with Gasteiger partial charge < -0.3 is 15.4 Å². The molecule has 1 aromatic heterocycles. The highest BCUT2D eigenvalue weighted by Gasteiger charge is 2.17. The number of primary amides is 1. The van der Waals surface area contributed by atoms with E-state index in [2.05, 4.69) is 53.1 Å². The van der Waals surface area contributed by atoms with Crippen molar-refractivity contribution >= 4 is 27.7 Å². The molecule has 0 bridgehead atoms. The second-order valence-corrected chi connectivity index (χ2v) is 8.09. The molecule has 0 atom stereocenters. The minimum Gasteiger partial charge on any atom is -0.392 e. The van der Waals surface area contributed by atoms with Gasteiger partial charge in [0.1, 0.15) is 0 Å². The lowest BCUT2D eigenvalue weighted by Gasteiger charge is -2.13. The number of nitrogens with zero attached hydrogens (tertiary/aromatic N) is 1. The summed E-state index contributed by atoms with van der Waals surface area (Å²) < 4.78 is 2.22. The quantitative estimate of drug-likeness (QED) is 0.405. The van der Waals surface area contributed by atoms with Crippen molar-refractivity contribution < 1.29 is 9.90 Å². The Hall–Kier alpha value is -3.89. The largest absolute Gasteiger partial charge is 0.392 e. The summed E-state index contributed by atoms with van der Waals surface area (Å²) in [4.78, 5) is 12.2. The Morgan fingerprint density at radius 1 is 0.781 bits per heavy atom. The number of carbonyl (C=O) groups is 1. The summed E-state index contributed by atoms with van der Waals surface area (Å²) in [6.07, 6.45) is 0.850. The van der Waals surface area contributed by atoms with Gasteiger partial charge in [-0.2, -0.15) is 0 Å². The van der Waals surface area contributed by atoms with Gasteiger partial charge in [0.15, 0.2) is 0 Å². The zero-order chi connectivity index (χ0) is 22.1. The van der Waals surface area contributed by atoms with E-state index < -0.39 is 5.91 Å². The fraction of sp³-hybridized carbons (Fsp3) is 0.107. The lowest BCUT2D eigenvalue weighted by molar-refractivity contribution is 0.100. The average molecular weight is 421 g/mol. The number of aliphatic hydroxyl groups excluding tert-OH is 1. The van der Waals surface area contributed by atoms with Crippen LogP contribution in [0.5, 0.6) is 0 Å². The smallest absolute Gasteiger partial charge is 0.249 e. The molecule has 3 N–H and O–H groups in total. The van der Waals surface area contributed by atoms with E-state index in [1.807, 2.05) is 36.4 Å². The van der Waals surface area contributed by atoms with Gasteiger partial charge in [-0.25, -0.2) is 0 Å². The Morgan fingerprint density at radius 3 is 2.28 bits per heavy atom. The molecule has 158 valence electrons. The summed E-state index contributed by atoms with van der Waals surface area (Å²) >= 11 is 0. The molecule has 5 aromatic rings. The number of fused-ring (bicyclic) bond motifs is 3. The molecule has 0 aliphatic carbocycles.